The summed E-state index contributed by atoms with van der Waals surface area (Å²) >= 11 is 0. The summed E-state index contributed by atoms with van der Waals surface area (Å²) in [6.45, 7) is 1.73. The summed E-state index contributed by atoms with van der Waals surface area (Å²) in [5.74, 6) is -1.37. The number of para-hydroxylation sites is 1. The van der Waals surface area contributed by atoms with Gasteiger partial charge in [-0.25, -0.2) is 4.79 Å². The van der Waals surface area contributed by atoms with Gasteiger partial charge in [0.1, 0.15) is 18.7 Å². The van der Waals surface area contributed by atoms with Gasteiger partial charge in [-0.3, -0.25) is 9.36 Å². The van der Waals surface area contributed by atoms with E-state index < -0.39 is 12.0 Å². The van der Waals surface area contributed by atoms with Crippen LogP contribution >= 0.6 is 0 Å². The maximum atomic E-state index is 12.6. The van der Waals surface area contributed by atoms with Crippen LogP contribution in [0.25, 0.3) is 5.69 Å². The fourth-order valence-corrected chi connectivity index (χ4v) is 2.15. The Morgan fingerprint density at radius 2 is 1.90 bits per heavy atom. The molecule has 2 rings (SSSR count). The topological polar surface area (TPSA) is 88.3 Å². The lowest BCUT2D eigenvalue weighted by molar-refractivity contribution is -0.142. The van der Waals surface area contributed by atoms with Gasteiger partial charge in [0.25, 0.3) is 5.91 Å². The van der Waals surface area contributed by atoms with Crippen LogP contribution in [0, 0.1) is 0 Å². The number of hydrogen-bond acceptors (Lipinski definition) is 4. The molecule has 7 nitrogen and oxygen atoms in total. The van der Waals surface area contributed by atoms with Crippen molar-refractivity contribution in [3.8, 4) is 5.69 Å². The highest BCUT2D eigenvalue weighted by molar-refractivity contribution is 5.99. The van der Waals surface area contributed by atoms with E-state index >= 15 is 0 Å². The molecule has 1 amide bonds. The summed E-state index contributed by atoms with van der Waals surface area (Å²) in [5.41, 5.74) is 1.01. The number of aromatic nitrogens is 3. The number of hydrogen-bond donors (Lipinski definition) is 1. The number of carbonyl (C=O) groups is 2. The number of aliphatic carboxylic acids is 1. The molecule has 7 heteroatoms. The Hall–Kier alpha value is -2.70. The summed E-state index contributed by atoms with van der Waals surface area (Å²) < 4.78 is 1.61. The van der Waals surface area contributed by atoms with Gasteiger partial charge in [-0.2, -0.15) is 0 Å². The van der Waals surface area contributed by atoms with Crippen molar-refractivity contribution in [2.24, 2.45) is 0 Å². The Morgan fingerprint density at radius 3 is 2.48 bits per heavy atom. The minimum atomic E-state index is -1.02. The zero-order valence-corrected chi connectivity index (χ0v) is 11.8. The smallest absolute Gasteiger partial charge is 0.326 e. The van der Waals surface area contributed by atoms with E-state index in [0.29, 0.717) is 17.7 Å². The van der Waals surface area contributed by atoms with Gasteiger partial charge in [0.2, 0.25) is 0 Å². The average Bonchev–Trinajstić information content (AvgIpc) is 3.00. The first-order valence-electron chi connectivity index (χ1n) is 6.50. The van der Waals surface area contributed by atoms with Crippen molar-refractivity contribution >= 4 is 11.9 Å². The molecule has 1 unspecified atom stereocenters. The second-order valence-electron chi connectivity index (χ2n) is 4.56. The number of carbonyl (C=O) groups excluding carboxylic acids is 1. The van der Waals surface area contributed by atoms with Gasteiger partial charge in [0, 0.05) is 7.05 Å². The van der Waals surface area contributed by atoms with Gasteiger partial charge >= 0.3 is 5.97 Å². The highest BCUT2D eigenvalue weighted by atomic mass is 16.4. The van der Waals surface area contributed by atoms with Crippen molar-refractivity contribution in [2.75, 3.05) is 7.05 Å². The van der Waals surface area contributed by atoms with Gasteiger partial charge in [0.05, 0.1) is 11.3 Å². The van der Waals surface area contributed by atoms with Crippen molar-refractivity contribution in [1.82, 2.24) is 19.7 Å². The van der Waals surface area contributed by atoms with Crippen LogP contribution in [0.5, 0.6) is 0 Å². The number of nitrogens with zero attached hydrogens (tertiary/aromatic N) is 4. The molecule has 1 atom stereocenters. The molecular formula is C14H16N4O3. The normalized spacial score (nSPS) is 11.9. The standard InChI is InChI=1S/C14H16N4O3/c1-3-11(14(20)21)17(2)13(19)10-6-4-5-7-12(10)18-8-15-16-9-18/h4-9,11H,3H2,1-2H3,(H,20,21). The summed E-state index contributed by atoms with van der Waals surface area (Å²) in [7, 11) is 1.49. The predicted molar refractivity (Wildman–Crippen MR) is 75.2 cm³/mol. The number of rotatable bonds is 5. The predicted octanol–water partition coefficient (Wildman–Crippen LogP) is 1.20. The molecule has 0 saturated carbocycles. The molecule has 0 aliphatic rings. The summed E-state index contributed by atoms with van der Waals surface area (Å²) in [6.07, 6.45) is 3.31. The first kappa shape index (κ1) is 14.7. The molecular weight excluding hydrogens is 272 g/mol. The van der Waals surface area contributed by atoms with Gasteiger partial charge in [0.15, 0.2) is 0 Å². The Bertz CT molecular complexity index is 639. The average molecular weight is 288 g/mol. The van der Waals surface area contributed by atoms with E-state index in [-0.39, 0.29) is 5.91 Å². The molecule has 0 spiro atoms. The largest absolute Gasteiger partial charge is 0.480 e. The zero-order valence-electron chi connectivity index (χ0n) is 11.8. The third-order valence-electron chi connectivity index (χ3n) is 3.29. The zero-order chi connectivity index (χ0) is 15.4. The molecule has 0 radical (unpaired) electrons. The molecule has 2 aromatic rings. The molecule has 1 aromatic carbocycles. The highest BCUT2D eigenvalue weighted by Gasteiger charge is 2.27. The summed E-state index contributed by atoms with van der Waals surface area (Å²) in [6, 6.07) is 6.08. The van der Waals surface area contributed by atoms with Crippen LogP contribution in [0.3, 0.4) is 0 Å². The third kappa shape index (κ3) is 2.91. The van der Waals surface area contributed by atoms with Crippen LogP contribution in [0.4, 0.5) is 0 Å². The molecule has 21 heavy (non-hydrogen) atoms. The lowest BCUT2D eigenvalue weighted by Gasteiger charge is -2.24. The van der Waals surface area contributed by atoms with E-state index in [4.69, 9.17) is 0 Å². The summed E-state index contributed by atoms with van der Waals surface area (Å²) in [4.78, 5) is 25.0. The Kier molecular flexibility index (Phi) is 4.32. The number of likely N-dealkylation sites (N-methyl/N-ethyl adjacent to an activating group) is 1. The van der Waals surface area contributed by atoms with Gasteiger partial charge < -0.3 is 10.0 Å². The van der Waals surface area contributed by atoms with Crippen molar-refractivity contribution < 1.29 is 14.7 Å². The molecule has 0 saturated heterocycles. The quantitative estimate of drug-likeness (QED) is 0.893. The highest BCUT2D eigenvalue weighted by Crippen LogP contribution is 2.17. The first-order valence-corrected chi connectivity index (χ1v) is 6.50. The Balaban J connectivity index is 2.38. The van der Waals surface area contributed by atoms with Crippen LogP contribution in [0.2, 0.25) is 0 Å². The van der Waals surface area contributed by atoms with Crippen molar-refractivity contribution in [2.45, 2.75) is 19.4 Å². The SMILES string of the molecule is CCC(C(=O)O)N(C)C(=O)c1ccccc1-n1cnnc1. The van der Waals surface area contributed by atoms with Crippen LogP contribution in [0.1, 0.15) is 23.7 Å². The second-order valence-corrected chi connectivity index (χ2v) is 4.56. The lowest BCUT2D eigenvalue weighted by atomic mass is 10.1. The van der Waals surface area contributed by atoms with Gasteiger partial charge in [-0.05, 0) is 18.6 Å². The second kappa shape index (κ2) is 6.17. The minimum absolute atomic E-state index is 0.340. The maximum Gasteiger partial charge on any atom is 0.326 e. The molecule has 1 N–H and O–H groups in total. The molecule has 0 aliphatic heterocycles. The van der Waals surface area contributed by atoms with E-state index in [2.05, 4.69) is 10.2 Å². The number of carboxylic acid groups (broad SMARTS) is 1. The van der Waals surface area contributed by atoms with Crippen molar-refractivity contribution in [3.05, 3.63) is 42.5 Å². The van der Waals surface area contributed by atoms with Gasteiger partial charge in [-0.1, -0.05) is 19.1 Å². The molecule has 1 heterocycles. The minimum Gasteiger partial charge on any atom is -0.480 e. The first-order chi connectivity index (χ1) is 10.1. The lowest BCUT2D eigenvalue weighted by Crippen LogP contribution is -2.42. The number of amides is 1. The van der Waals surface area contributed by atoms with E-state index in [9.17, 15) is 14.7 Å². The maximum absolute atomic E-state index is 12.6. The van der Waals surface area contributed by atoms with E-state index in [1.54, 1.807) is 35.8 Å². The number of carboxylic acids is 1. The van der Waals surface area contributed by atoms with Crippen LogP contribution in [-0.2, 0) is 4.79 Å². The number of benzene rings is 1. The molecule has 0 bridgehead atoms. The molecule has 110 valence electrons. The van der Waals surface area contributed by atoms with Crippen LogP contribution in [0.15, 0.2) is 36.9 Å². The van der Waals surface area contributed by atoms with Gasteiger partial charge in [-0.15, -0.1) is 10.2 Å². The van der Waals surface area contributed by atoms with E-state index in [1.807, 2.05) is 0 Å². The van der Waals surface area contributed by atoms with Crippen LogP contribution in [-0.4, -0.2) is 49.7 Å². The third-order valence-corrected chi connectivity index (χ3v) is 3.29. The fourth-order valence-electron chi connectivity index (χ4n) is 2.15. The van der Waals surface area contributed by atoms with E-state index in [1.165, 1.54) is 24.6 Å². The molecule has 1 aromatic heterocycles. The summed E-state index contributed by atoms with van der Waals surface area (Å²) in [5, 5.41) is 16.6. The molecule has 0 fully saturated rings. The molecule has 0 aliphatic carbocycles. The fraction of sp³-hybridized carbons (Fsp3) is 0.286. The van der Waals surface area contributed by atoms with Crippen LogP contribution < -0.4 is 0 Å². The Morgan fingerprint density at radius 1 is 1.29 bits per heavy atom. The van der Waals surface area contributed by atoms with E-state index in [0.717, 1.165) is 0 Å². The Labute approximate surface area is 121 Å². The van der Waals surface area contributed by atoms with Crippen molar-refractivity contribution in [1.29, 1.82) is 0 Å². The monoisotopic (exact) mass is 288 g/mol. The van der Waals surface area contributed by atoms with Crippen molar-refractivity contribution in [3.63, 3.8) is 0 Å².